The molecule has 0 saturated carbocycles. The predicted molar refractivity (Wildman–Crippen MR) is 94.3 cm³/mol. The summed E-state index contributed by atoms with van der Waals surface area (Å²) in [6.07, 6.45) is -1.10. The van der Waals surface area contributed by atoms with E-state index in [0.717, 1.165) is 0 Å². The number of rotatable bonds is 7. The Morgan fingerprint density at radius 1 is 1.08 bits per heavy atom. The van der Waals surface area contributed by atoms with Crippen molar-refractivity contribution in [3.8, 4) is 11.5 Å². The molecular weight excluding hydrogens is 341 g/mol. The molecule has 0 aliphatic carbocycles. The molecule has 1 amide bonds. The van der Waals surface area contributed by atoms with E-state index in [9.17, 15) is 14.0 Å². The van der Waals surface area contributed by atoms with Crippen LogP contribution in [0.25, 0.3) is 0 Å². The topological polar surface area (TPSA) is 84.9 Å². The lowest BCUT2D eigenvalue weighted by Crippen LogP contribution is -2.30. The second kappa shape index (κ2) is 8.33. The molecule has 2 aromatic rings. The molecular formula is C19H20FNO5. The smallest absolute Gasteiger partial charge is 0.335 e. The molecule has 2 N–H and O–H groups in total. The van der Waals surface area contributed by atoms with Gasteiger partial charge in [0, 0.05) is 6.07 Å². The zero-order chi connectivity index (χ0) is 19.3. The molecule has 0 aromatic heterocycles. The van der Waals surface area contributed by atoms with Gasteiger partial charge in [-0.05, 0) is 51.1 Å². The number of anilines is 1. The Kier molecular flexibility index (Phi) is 6.16. The molecule has 0 radical (unpaired) electrons. The summed E-state index contributed by atoms with van der Waals surface area (Å²) < 4.78 is 24.2. The number of amides is 1. The number of hydrogen-bond donors (Lipinski definition) is 2. The van der Waals surface area contributed by atoms with Crippen molar-refractivity contribution in [1.82, 2.24) is 0 Å². The zero-order valence-corrected chi connectivity index (χ0v) is 14.7. The first-order valence-corrected chi connectivity index (χ1v) is 8.03. The first kappa shape index (κ1) is 19.2. The number of nitrogens with one attached hydrogen (secondary N) is 1. The van der Waals surface area contributed by atoms with E-state index < -0.39 is 23.8 Å². The highest BCUT2D eigenvalue weighted by molar-refractivity contribution is 5.97. The highest BCUT2D eigenvalue weighted by atomic mass is 19.1. The standard InChI is InChI=1S/C19H20FNO5/c1-11(2)25-17-8-7-13(19(23)24)9-16(17)21-18(22)12(3)26-15-6-4-5-14(20)10-15/h4-12H,1-3H3,(H,21,22)(H,23,24). The molecule has 2 aromatic carbocycles. The molecule has 0 heterocycles. The monoisotopic (exact) mass is 361 g/mol. The van der Waals surface area contributed by atoms with Gasteiger partial charge in [0.2, 0.25) is 0 Å². The van der Waals surface area contributed by atoms with Crippen LogP contribution >= 0.6 is 0 Å². The van der Waals surface area contributed by atoms with Crippen molar-refractivity contribution in [3.05, 3.63) is 53.8 Å². The van der Waals surface area contributed by atoms with Crippen molar-refractivity contribution < 1.29 is 28.6 Å². The fourth-order valence-corrected chi connectivity index (χ4v) is 2.15. The number of ether oxygens (including phenoxy) is 2. The summed E-state index contributed by atoms with van der Waals surface area (Å²) in [7, 11) is 0. The van der Waals surface area contributed by atoms with Crippen LogP contribution in [0.5, 0.6) is 11.5 Å². The molecule has 0 bridgehead atoms. The minimum Gasteiger partial charge on any atom is -0.489 e. The van der Waals surface area contributed by atoms with Crippen molar-refractivity contribution in [2.75, 3.05) is 5.32 Å². The summed E-state index contributed by atoms with van der Waals surface area (Å²) in [6, 6.07) is 9.63. The van der Waals surface area contributed by atoms with Crippen LogP contribution in [0.4, 0.5) is 10.1 Å². The summed E-state index contributed by atoms with van der Waals surface area (Å²) in [5, 5.41) is 11.7. The third-order valence-corrected chi connectivity index (χ3v) is 3.33. The number of carbonyl (C=O) groups excluding carboxylic acids is 1. The van der Waals surface area contributed by atoms with Crippen molar-refractivity contribution in [3.63, 3.8) is 0 Å². The van der Waals surface area contributed by atoms with Crippen LogP contribution in [0.3, 0.4) is 0 Å². The first-order valence-electron chi connectivity index (χ1n) is 8.03. The van der Waals surface area contributed by atoms with E-state index in [1.54, 1.807) is 0 Å². The molecule has 6 nitrogen and oxygen atoms in total. The van der Waals surface area contributed by atoms with Gasteiger partial charge in [0.15, 0.2) is 6.10 Å². The van der Waals surface area contributed by atoms with Crippen molar-refractivity contribution in [1.29, 1.82) is 0 Å². The quantitative estimate of drug-likeness (QED) is 0.785. The van der Waals surface area contributed by atoms with E-state index in [4.69, 9.17) is 14.6 Å². The summed E-state index contributed by atoms with van der Waals surface area (Å²) in [6.45, 7) is 5.13. The Hall–Kier alpha value is -3.09. The molecule has 0 spiro atoms. The fraction of sp³-hybridized carbons (Fsp3) is 0.263. The molecule has 0 aliphatic rings. The lowest BCUT2D eigenvalue weighted by molar-refractivity contribution is -0.122. The molecule has 0 aliphatic heterocycles. The van der Waals surface area contributed by atoms with Crippen LogP contribution in [-0.2, 0) is 4.79 Å². The molecule has 0 saturated heterocycles. The Balaban J connectivity index is 2.17. The van der Waals surface area contributed by atoms with Gasteiger partial charge in [0.25, 0.3) is 5.91 Å². The second-order valence-corrected chi connectivity index (χ2v) is 5.89. The fourth-order valence-electron chi connectivity index (χ4n) is 2.15. The number of carbonyl (C=O) groups is 2. The van der Waals surface area contributed by atoms with E-state index in [0.29, 0.717) is 5.75 Å². The number of hydrogen-bond acceptors (Lipinski definition) is 4. The van der Waals surface area contributed by atoms with Crippen molar-refractivity contribution in [2.24, 2.45) is 0 Å². The Labute approximate surface area is 150 Å². The first-order chi connectivity index (χ1) is 12.3. The number of aromatic carboxylic acids is 1. The maximum absolute atomic E-state index is 13.2. The summed E-state index contributed by atoms with van der Waals surface area (Å²) >= 11 is 0. The zero-order valence-electron chi connectivity index (χ0n) is 14.7. The SMILES string of the molecule is CC(C)Oc1ccc(C(=O)O)cc1NC(=O)C(C)Oc1cccc(F)c1. The molecule has 1 atom stereocenters. The number of halogens is 1. The van der Waals surface area contributed by atoms with Crippen LogP contribution < -0.4 is 14.8 Å². The average Bonchev–Trinajstić information content (AvgIpc) is 2.55. The van der Waals surface area contributed by atoms with Gasteiger partial charge < -0.3 is 19.9 Å². The van der Waals surface area contributed by atoms with Crippen LogP contribution in [0.15, 0.2) is 42.5 Å². The van der Waals surface area contributed by atoms with Gasteiger partial charge in [-0.1, -0.05) is 6.07 Å². The average molecular weight is 361 g/mol. The normalized spacial score (nSPS) is 11.7. The van der Waals surface area contributed by atoms with Gasteiger partial charge in [0.1, 0.15) is 17.3 Å². The minimum atomic E-state index is -1.12. The van der Waals surface area contributed by atoms with Gasteiger partial charge in [-0.15, -0.1) is 0 Å². The molecule has 138 valence electrons. The van der Waals surface area contributed by atoms with E-state index >= 15 is 0 Å². The molecule has 26 heavy (non-hydrogen) atoms. The third-order valence-electron chi connectivity index (χ3n) is 3.33. The maximum atomic E-state index is 13.2. The van der Waals surface area contributed by atoms with Gasteiger partial charge >= 0.3 is 5.97 Å². The summed E-state index contributed by atoms with van der Waals surface area (Å²) in [5.74, 6) is -1.56. The molecule has 0 fully saturated rings. The number of benzene rings is 2. The van der Waals surface area contributed by atoms with E-state index in [1.807, 2.05) is 13.8 Å². The highest BCUT2D eigenvalue weighted by Crippen LogP contribution is 2.27. The number of carboxylic acids is 1. The van der Waals surface area contributed by atoms with Gasteiger partial charge in [0.05, 0.1) is 17.4 Å². The van der Waals surface area contributed by atoms with E-state index in [2.05, 4.69) is 5.32 Å². The van der Waals surface area contributed by atoms with Crippen LogP contribution in [-0.4, -0.2) is 29.2 Å². The van der Waals surface area contributed by atoms with Gasteiger partial charge in [-0.3, -0.25) is 4.79 Å². The van der Waals surface area contributed by atoms with E-state index in [1.165, 1.54) is 49.4 Å². The van der Waals surface area contributed by atoms with Crippen molar-refractivity contribution >= 4 is 17.6 Å². The lowest BCUT2D eigenvalue weighted by atomic mass is 10.1. The molecule has 2 rings (SSSR count). The minimum absolute atomic E-state index is 0.00936. The molecule has 7 heteroatoms. The van der Waals surface area contributed by atoms with E-state index in [-0.39, 0.29) is 23.1 Å². The maximum Gasteiger partial charge on any atom is 0.335 e. The van der Waals surface area contributed by atoms with Crippen molar-refractivity contribution in [2.45, 2.75) is 33.0 Å². The third kappa shape index (κ3) is 5.20. The Bertz CT molecular complexity index is 806. The number of carboxylic acid groups (broad SMARTS) is 1. The predicted octanol–water partition coefficient (Wildman–Crippen LogP) is 3.72. The Morgan fingerprint density at radius 2 is 1.81 bits per heavy atom. The van der Waals surface area contributed by atoms with Crippen LogP contribution in [0.2, 0.25) is 0 Å². The highest BCUT2D eigenvalue weighted by Gasteiger charge is 2.19. The van der Waals surface area contributed by atoms with Gasteiger partial charge in [-0.25, -0.2) is 9.18 Å². The Morgan fingerprint density at radius 3 is 2.42 bits per heavy atom. The van der Waals surface area contributed by atoms with Gasteiger partial charge in [-0.2, -0.15) is 0 Å². The van der Waals surface area contributed by atoms with Crippen LogP contribution in [0, 0.1) is 5.82 Å². The summed E-state index contributed by atoms with van der Waals surface area (Å²) in [5.41, 5.74) is 0.230. The lowest BCUT2D eigenvalue weighted by Gasteiger charge is -2.18. The second-order valence-electron chi connectivity index (χ2n) is 5.89. The molecule has 1 unspecified atom stereocenters. The largest absolute Gasteiger partial charge is 0.489 e. The summed E-state index contributed by atoms with van der Waals surface area (Å²) in [4.78, 5) is 23.6. The van der Waals surface area contributed by atoms with Crippen LogP contribution in [0.1, 0.15) is 31.1 Å².